The lowest BCUT2D eigenvalue weighted by Crippen LogP contribution is -2.37. The van der Waals surface area contributed by atoms with Gasteiger partial charge in [-0.1, -0.05) is 11.6 Å². The van der Waals surface area contributed by atoms with Gasteiger partial charge in [-0.3, -0.25) is 9.59 Å². The number of hydrogen-bond acceptors (Lipinski definition) is 3. The zero-order valence-electron chi connectivity index (χ0n) is 9.40. The molecule has 1 aliphatic rings. The van der Waals surface area contributed by atoms with E-state index in [1.807, 2.05) is 0 Å². The Bertz CT molecular complexity index is 501. The van der Waals surface area contributed by atoms with Crippen LogP contribution in [0.25, 0.3) is 0 Å². The van der Waals surface area contributed by atoms with E-state index in [4.69, 9.17) is 23.1 Å². The van der Waals surface area contributed by atoms with Crippen molar-refractivity contribution in [3.8, 4) is 0 Å². The zero-order valence-corrected chi connectivity index (χ0v) is 11.0. The Morgan fingerprint density at radius 3 is 2.39 bits per heavy atom. The van der Waals surface area contributed by atoms with Gasteiger partial charge in [0, 0.05) is 5.69 Å². The van der Waals surface area contributed by atoms with E-state index in [9.17, 15) is 9.59 Å². The van der Waals surface area contributed by atoms with E-state index in [0.717, 1.165) is 0 Å². The zero-order chi connectivity index (χ0) is 12.6. The van der Waals surface area contributed by atoms with Gasteiger partial charge in [0.15, 0.2) is 0 Å². The summed E-state index contributed by atoms with van der Waals surface area (Å²) in [6.07, 6.45) is 1.37. The summed E-state index contributed by atoms with van der Waals surface area (Å²) in [6.45, 7) is 0. The molecule has 5 N–H and O–H groups in total. The molecule has 0 unspecified atom stereocenters. The number of rotatable bonds is 3. The van der Waals surface area contributed by atoms with Gasteiger partial charge in [-0.25, -0.2) is 0 Å². The van der Waals surface area contributed by atoms with Crippen molar-refractivity contribution in [2.75, 3.05) is 5.32 Å². The molecule has 0 saturated heterocycles. The molecule has 2 amide bonds. The molecular formula is C11H13Cl2N3O2. The van der Waals surface area contributed by atoms with E-state index < -0.39 is 11.4 Å². The van der Waals surface area contributed by atoms with Gasteiger partial charge >= 0.3 is 0 Å². The molecule has 1 saturated carbocycles. The highest BCUT2D eigenvalue weighted by Gasteiger charge is 2.45. The van der Waals surface area contributed by atoms with Crippen molar-refractivity contribution in [1.82, 2.24) is 0 Å². The summed E-state index contributed by atoms with van der Waals surface area (Å²) in [5.74, 6) is -0.842. The molecule has 0 radical (unpaired) electrons. The standard InChI is InChI=1S/C11H12ClN3O2.ClH/c12-8-5-6(1-2-7(8)9(13)16)15-10(17)11(14)3-4-11;/h1-2,5H,3-4,14H2,(H2,13,16)(H,15,17);1H. The summed E-state index contributed by atoms with van der Waals surface area (Å²) in [6, 6.07) is 4.51. The molecule has 7 heteroatoms. The van der Waals surface area contributed by atoms with Gasteiger partial charge in [0.1, 0.15) is 0 Å². The van der Waals surface area contributed by atoms with E-state index in [1.54, 1.807) is 6.07 Å². The van der Waals surface area contributed by atoms with Gasteiger partial charge < -0.3 is 16.8 Å². The lowest BCUT2D eigenvalue weighted by Gasteiger charge is -2.10. The van der Waals surface area contributed by atoms with Gasteiger partial charge in [-0.05, 0) is 31.0 Å². The molecule has 0 spiro atoms. The maximum atomic E-state index is 11.7. The monoisotopic (exact) mass is 289 g/mol. The van der Waals surface area contributed by atoms with Crippen LogP contribution < -0.4 is 16.8 Å². The molecule has 0 aromatic heterocycles. The van der Waals surface area contributed by atoms with E-state index in [-0.39, 0.29) is 28.9 Å². The summed E-state index contributed by atoms with van der Waals surface area (Å²) in [4.78, 5) is 22.6. The third-order valence-corrected chi connectivity index (χ3v) is 3.05. The van der Waals surface area contributed by atoms with Crippen molar-refractivity contribution in [3.05, 3.63) is 28.8 Å². The Morgan fingerprint density at radius 1 is 1.33 bits per heavy atom. The fraction of sp³-hybridized carbons (Fsp3) is 0.273. The van der Waals surface area contributed by atoms with Crippen molar-refractivity contribution in [2.24, 2.45) is 11.5 Å². The van der Waals surface area contributed by atoms with Crippen LogP contribution in [0.3, 0.4) is 0 Å². The molecule has 1 aromatic rings. The molecule has 1 fully saturated rings. The minimum atomic E-state index is -0.741. The molecule has 1 aromatic carbocycles. The minimum absolute atomic E-state index is 0. The van der Waals surface area contributed by atoms with Crippen molar-refractivity contribution >= 4 is 41.5 Å². The maximum absolute atomic E-state index is 11.7. The molecule has 98 valence electrons. The Labute approximate surface area is 115 Å². The number of amides is 2. The number of benzene rings is 1. The molecule has 1 aliphatic carbocycles. The smallest absolute Gasteiger partial charge is 0.250 e. The Balaban J connectivity index is 0.00000162. The third-order valence-electron chi connectivity index (χ3n) is 2.73. The third kappa shape index (κ3) is 2.93. The molecule has 0 bridgehead atoms. The molecular weight excluding hydrogens is 277 g/mol. The molecule has 2 rings (SSSR count). The molecule has 5 nitrogen and oxygen atoms in total. The van der Waals surface area contributed by atoms with E-state index in [2.05, 4.69) is 5.32 Å². The summed E-state index contributed by atoms with van der Waals surface area (Å²) in [7, 11) is 0. The number of anilines is 1. The van der Waals surface area contributed by atoms with Crippen LogP contribution in [-0.2, 0) is 4.79 Å². The SMILES string of the molecule is Cl.NC(=O)c1ccc(NC(=O)C2(N)CC2)cc1Cl. The second-order valence-corrected chi connectivity index (χ2v) is 4.58. The second kappa shape index (κ2) is 5.14. The highest BCUT2D eigenvalue weighted by Crippen LogP contribution is 2.33. The van der Waals surface area contributed by atoms with Gasteiger partial charge in [0.05, 0.1) is 16.1 Å². The van der Waals surface area contributed by atoms with Crippen molar-refractivity contribution in [3.63, 3.8) is 0 Å². The fourth-order valence-electron chi connectivity index (χ4n) is 1.41. The predicted molar refractivity (Wildman–Crippen MR) is 72.0 cm³/mol. The van der Waals surface area contributed by atoms with Crippen LogP contribution in [0.2, 0.25) is 5.02 Å². The highest BCUT2D eigenvalue weighted by atomic mass is 35.5. The second-order valence-electron chi connectivity index (χ2n) is 4.17. The Morgan fingerprint density at radius 2 is 1.94 bits per heavy atom. The minimum Gasteiger partial charge on any atom is -0.366 e. The first-order valence-electron chi connectivity index (χ1n) is 5.12. The summed E-state index contributed by atoms with van der Waals surface area (Å²) < 4.78 is 0. The number of hydrogen-bond donors (Lipinski definition) is 3. The van der Waals surface area contributed by atoms with E-state index in [1.165, 1.54) is 12.1 Å². The average Bonchev–Trinajstić information content (AvgIpc) is 2.97. The van der Waals surface area contributed by atoms with Crippen LogP contribution in [-0.4, -0.2) is 17.4 Å². The van der Waals surface area contributed by atoms with Crippen LogP contribution in [0.1, 0.15) is 23.2 Å². The van der Waals surface area contributed by atoms with E-state index >= 15 is 0 Å². The molecule has 0 atom stereocenters. The summed E-state index contributed by atoms with van der Waals surface area (Å²) >= 11 is 5.85. The van der Waals surface area contributed by atoms with Crippen LogP contribution in [0.4, 0.5) is 5.69 Å². The van der Waals surface area contributed by atoms with Crippen LogP contribution in [0, 0.1) is 0 Å². The topological polar surface area (TPSA) is 98.2 Å². The largest absolute Gasteiger partial charge is 0.366 e. The number of nitrogens with one attached hydrogen (secondary N) is 1. The van der Waals surface area contributed by atoms with Crippen LogP contribution in [0.5, 0.6) is 0 Å². The average molecular weight is 290 g/mol. The first kappa shape index (κ1) is 14.8. The maximum Gasteiger partial charge on any atom is 0.250 e. The normalized spacial score (nSPS) is 15.4. The molecule has 0 heterocycles. The number of primary amides is 1. The Kier molecular flexibility index (Phi) is 4.21. The van der Waals surface area contributed by atoms with Crippen LogP contribution in [0.15, 0.2) is 18.2 Å². The molecule has 18 heavy (non-hydrogen) atoms. The van der Waals surface area contributed by atoms with Crippen molar-refractivity contribution in [2.45, 2.75) is 18.4 Å². The summed E-state index contributed by atoms with van der Waals surface area (Å²) in [5.41, 5.74) is 10.8. The summed E-state index contributed by atoms with van der Waals surface area (Å²) in [5, 5.41) is 2.86. The number of carbonyl (C=O) groups is 2. The molecule has 0 aliphatic heterocycles. The lowest BCUT2D eigenvalue weighted by molar-refractivity contribution is -0.118. The lowest BCUT2D eigenvalue weighted by atomic mass is 10.2. The van der Waals surface area contributed by atoms with Crippen molar-refractivity contribution in [1.29, 1.82) is 0 Å². The predicted octanol–water partition coefficient (Wildman–Crippen LogP) is 1.29. The van der Waals surface area contributed by atoms with Gasteiger partial charge in [0.25, 0.3) is 0 Å². The first-order valence-corrected chi connectivity index (χ1v) is 5.50. The van der Waals surface area contributed by atoms with Gasteiger partial charge in [-0.2, -0.15) is 0 Å². The Hall–Kier alpha value is -1.30. The van der Waals surface area contributed by atoms with Crippen LogP contribution >= 0.6 is 24.0 Å². The van der Waals surface area contributed by atoms with E-state index in [0.29, 0.717) is 18.5 Å². The quantitative estimate of drug-likeness (QED) is 0.782. The number of carbonyl (C=O) groups excluding carboxylic acids is 2. The highest BCUT2D eigenvalue weighted by molar-refractivity contribution is 6.34. The van der Waals surface area contributed by atoms with Gasteiger partial charge in [-0.15, -0.1) is 12.4 Å². The number of halogens is 2. The van der Waals surface area contributed by atoms with Gasteiger partial charge in [0.2, 0.25) is 11.8 Å². The van der Waals surface area contributed by atoms with Crippen molar-refractivity contribution < 1.29 is 9.59 Å². The first-order chi connectivity index (χ1) is 7.92. The number of nitrogens with two attached hydrogens (primary N) is 2. The fourth-order valence-corrected chi connectivity index (χ4v) is 1.68.